The van der Waals surface area contributed by atoms with Crippen molar-refractivity contribution in [2.24, 2.45) is 5.73 Å². The number of thiazole rings is 1. The fourth-order valence-corrected chi connectivity index (χ4v) is 3.10. The number of nitrogens with zero attached hydrogens (tertiary/aromatic N) is 1. The van der Waals surface area contributed by atoms with Gasteiger partial charge in [0.1, 0.15) is 0 Å². The highest BCUT2D eigenvalue weighted by Crippen LogP contribution is 2.37. The normalized spacial score (nSPS) is 20.6. The molecule has 0 fully saturated rings. The first-order valence-corrected chi connectivity index (χ1v) is 5.85. The zero-order chi connectivity index (χ0) is 9.26. The van der Waals surface area contributed by atoms with Crippen LogP contribution < -0.4 is 5.73 Å². The molecule has 72 valence electrons. The van der Waals surface area contributed by atoms with E-state index < -0.39 is 0 Å². The smallest absolute Gasteiger partial charge is 0.0928 e. The molecule has 1 atom stereocenters. The summed E-state index contributed by atoms with van der Waals surface area (Å²) in [7, 11) is 0. The Balaban J connectivity index is 2.20. The molecule has 2 rings (SSSR count). The average molecular weight is 196 g/mol. The van der Waals surface area contributed by atoms with Crippen LogP contribution in [0.25, 0.3) is 0 Å². The molecule has 0 amide bonds. The Bertz CT molecular complexity index is 293. The van der Waals surface area contributed by atoms with E-state index in [1.165, 1.54) is 28.4 Å². The molecule has 0 saturated heterocycles. The largest absolute Gasteiger partial charge is 0.330 e. The highest BCUT2D eigenvalue weighted by Gasteiger charge is 2.25. The van der Waals surface area contributed by atoms with Crippen molar-refractivity contribution in [3.63, 3.8) is 0 Å². The SMILES string of the molecule is CCc1nc2c(s1)CCC2CCN. The Kier molecular flexibility index (Phi) is 2.65. The van der Waals surface area contributed by atoms with E-state index in [2.05, 4.69) is 11.9 Å². The van der Waals surface area contributed by atoms with Crippen LogP contribution in [0.5, 0.6) is 0 Å². The van der Waals surface area contributed by atoms with E-state index in [0.29, 0.717) is 5.92 Å². The second-order valence-electron chi connectivity index (χ2n) is 3.58. The summed E-state index contributed by atoms with van der Waals surface area (Å²) >= 11 is 1.90. The van der Waals surface area contributed by atoms with Crippen LogP contribution in [0, 0.1) is 0 Å². The van der Waals surface area contributed by atoms with E-state index >= 15 is 0 Å². The Hall–Kier alpha value is -0.410. The summed E-state index contributed by atoms with van der Waals surface area (Å²) in [5, 5.41) is 1.30. The first kappa shape index (κ1) is 9.16. The summed E-state index contributed by atoms with van der Waals surface area (Å²) in [5.74, 6) is 0.663. The summed E-state index contributed by atoms with van der Waals surface area (Å²) in [4.78, 5) is 6.20. The second kappa shape index (κ2) is 3.76. The molecule has 1 aromatic rings. The molecule has 0 aliphatic heterocycles. The molecule has 13 heavy (non-hydrogen) atoms. The van der Waals surface area contributed by atoms with Gasteiger partial charge in [-0.25, -0.2) is 4.98 Å². The van der Waals surface area contributed by atoms with Gasteiger partial charge in [-0.05, 0) is 32.2 Å². The van der Waals surface area contributed by atoms with Crippen molar-refractivity contribution < 1.29 is 0 Å². The van der Waals surface area contributed by atoms with Gasteiger partial charge in [-0.15, -0.1) is 11.3 Å². The van der Waals surface area contributed by atoms with E-state index in [4.69, 9.17) is 5.73 Å². The summed E-state index contributed by atoms with van der Waals surface area (Å²) in [6, 6.07) is 0. The second-order valence-corrected chi connectivity index (χ2v) is 4.75. The molecule has 0 saturated carbocycles. The van der Waals surface area contributed by atoms with E-state index in [9.17, 15) is 0 Å². The van der Waals surface area contributed by atoms with E-state index in [0.717, 1.165) is 19.4 Å². The third kappa shape index (κ3) is 1.63. The minimum Gasteiger partial charge on any atom is -0.330 e. The molecule has 0 bridgehead atoms. The number of aromatic nitrogens is 1. The van der Waals surface area contributed by atoms with Crippen molar-refractivity contribution in [3.05, 3.63) is 15.6 Å². The van der Waals surface area contributed by atoms with Crippen LogP contribution in [0.4, 0.5) is 0 Å². The van der Waals surface area contributed by atoms with Gasteiger partial charge in [-0.2, -0.15) is 0 Å². The van der Waals surface area contributed by atoms with Crippen molar-refractivity contribution in [3.8, 4) is 0 Å². The van der Waals surface area contributed by atoms with Crippen molar-refractivity contribution in [2.75, 3.05) is 6.54 Å². The maximum absolute atomic E-state index is 5.58. The first-order chi connectivity index (χ1) is 6.35. The molecule has 0 radical (unpaired) electrons. The van der Waals surface area contributed by atoms with Gasteiger partial charge in [0.15, 0.2) is 0 Å². The van der Waals surface area contributed by atoms with Gasteiger partial charge in [0.2, 0.25) is 0 Å². The highest BCUT2D eigenvalue weighted by molar-refractivity contribution is 7.11. The molecule has 3 heteroatoms. The van der Waals surface area contributed by atoms with E-state index in [1.54, 1.807) is 0 Å². The molecule has 0 aromatic carbocycles. The fraction of sp³-hybridized carbons (Fsp3) is 0.700. The third-order valence-electron chi connectivity index (χ3n) is 2.70. The van der Waals surface area contributed by atoms with Gasteiger partial charge in [-0.3, -0.25) is 0 Å². The number of nitrogens with two attached hydrogens (primary N) is 1. The predicted octanol–water partition coefficient (Wildman–Crippen LogP) is 2.08. The van der Waals surface area contributed by atoms with Gasteiger partial charge < -0.3 is 5.73 Å². The molecule has 1 aliphatic carbocycles. The molecule has 1 unspecified atom stereocenters. The van der Waals surface area contributed by atoms with Crippen molar-refractivity contribution in [1.29, 1.82) is 0 Å². The van der Waals surface area contributed by atoms with Crippen molar-refractivity contribution in [2.45, 2.75) is 38.5 Å². The third-order valence-corrected chi connectivity index (χ3v) is 3.97. The molecule has 2 nitrogen and oxygen atoms in total. The Morgan fingerprint density at radius 3 is 3.15 bits per heavy atom. The zero-order valence-electron chi connectivity index (χ0n) is 8.05. The average Bonchev–Trinajstić information content (AvgIpc) is 2.67. The molecule has 0 spiro atoms. The monoisotopic (exact) mass is 196 g/mol. The summed E-state index contributed by atoms with van der Waals surface area (Å²) in [6.45, 7) is 2.97. The van der Waals surface area contributed by atoms with Crippen molar-refractivity contribution in [1.82, 2.24) is 4.98 Å². The van der Waals surface area contributed by atoms with Crippen LogP contribution >= 0.6 is 11.3 Å². The summed E-state index contributed by atoms with van der Waals surface area (Å²) in [6.07, 6.45) is 4.69. The van der Waals surface area contributed by atoms with Crippen LogP contribution in [0.3, 0.4) is 0 Å². The van der Waals surface area contributed by atoms with Gasteiger partial charge in [-0.1, -0.05) is 6.92 Å². The van der Waals surface area contributed by atoms with Crippen LogP contribution in [-0.4, -0.2) is 11.5 Å². The lowest BCUT2D eigenvalue weighted by atomic mass is 10.0. The lowest BCUT2D eigenvalue weighted by Gasteiger charge is -2.05. The summed E-state index contributed by atoms with van der Waals surface area (Å²) in [5.41, 5.74) is 6.95. The maximum atomic E-state index is 5.58. The van der Waals surface area contributed by atoms with Crippen LogP contribution in [0.2, 0.25) is 0 Å². The molecule has 2 N–H and O–H groups in total. The van der Waals surface area contributed by atoms with Gasteiger partial charge in [0.25, 0.3) is 0 Å². The number of fused-ring (bicyclic) bond motifs is 1. The Morgan fingerprint density at radius 1 is 1.62 bits per heavy atom. The molecule has 1 aliphatic rings. The molecular formula is C10H16N2S. The van der Waals surface area contributed by atoms with Crippen LogP contribution in [0.1, 0.15) is 41.3 Å². The lowest BCUT2D eigenvalue weighted by Crippen LogP contribution is -2.05. The quantitative estimate of drug-likeness (QED) is 0.804. The van der Waals surface area contributed by atoms with E-state index in [-0.39, 0.29) is 0 Å². The standard InChI is InChI=1S/C10H16N2S/c1-2-9-12-10-7(5-6-11)3-4-8(10)13-9/h7H,2-6,11H2,1H3. The van der Waals surface area contributed by atoms with Gasteiger partial charge >= 0.3 is 0 Å². The summed E-state index contributed by atoms with van der Waals surface area (Å²) < 4.78 is 0. The van der Waals surface area contributed by atoms with Crippen LogP contribution in [-0.2, 0) is 12.8 Å². The number of hydrogen-bond acceptors (Lipinski definition) is 3. The topological polar surface area (TPSA) is 38.9 Å². The van der Waals surface area contributed by atoms with Crippen molar-refractivity contribution >= 4 is 11.3 Å². The maximum Gasteiger partial charge on any atom is 0.0928 e. The minimum atomic E-state index is 0.663. The van der Waals surface area contributed by atoms with E-state index in [1.807, 2.05) is 11.3 Å². The highest BCUT2D eigenvalue weighted by atomic mass is 32.1. The molecule has 1 heterocycles. The fourth-order valence-electron chi connectivity index (χ4n) is 1.99. The minimum absolute atomic E-state index is 0.663. The lowest BCUT2D eigenvalue weighted by molar-refractivity contribution is 0.614. The first-order valence-electron chi connectivity index (χ1n) is 5.03. The predicted molar refractivity (Wildman–Crippen MR) is 56.2 cm³/mol. The number of aryl methyl sites for hydroxylation is 2. The van der Waals surface area contributed by atoms with Gasteiger partial charge in [0.05, 0.1) is 10.7 Å². The molecule has 1 aromatic heterocycles. The number of rotatable bonds is 3. The zero-order valence-corrected chi connectivity index (χ0v) is 8.86. The Morgan fingerprint density at radius 2 is 2.46 bits per heavy atom. The Labute approximate surface area is 83.2 Å². The number of hydrogen-bond donors (Lipinski definition) is 1. The van der Waals surface area contributed by atoms with Gasteiger partial charge in [0, 0.05) is 10.8 Å². The molecular weight excluding hydrogens is 180 g/mol. The van der Waals surface area contributed by atoms with Crippen LogP contribution in [0.15, 0.2) is 0 Å².